The van der Waals surface area contributed by atoms with Crippen molar-refractivity contribution in [2.75, 3.05) is 0 Å². The lowest BCUT2D eigenvalue weighted by Crippen LogP contribution is -2.09. The van der Waals surface area contributed by atoms with Crippen molar-refractivity contribution < 1.29 is 0 Å². The molecule has 0 unspecified atom stereocenters. The van der Waals surface area contributed by atoms with Crippen LogP contribution in [0.5, 0.6) is 0 Å². The molecule has 0 nitrogen and oxygen atoms in total. The molecular weight excluding hydrogens is 259 g/mol. The fraction of sp³-hybridized carbons (Fsp3) is 0.211. The average molecular weight is 280 g/mol. The van der Waals surface area contributed by atoms with Crippen molar-refractivity contribution in [3.05, 3.63) is 77.4 Å². The van der Waals surface area contributed by atoms with Gasteiger partial charge in [-0.2, -0.15) is 0 Å². The molecule has 0 atom stereocenters. The van der Waals surface area contributed by atoms with E-state index in [0.717, 1.165) is 25.7 Å². The second-order valence-electron chi connectivity index (χ2n) is 5.36. The van der Waals surface area contributed by atoms with Gasteiger partial charge in [-0.1, -0.05) is 73.1 Å². The van der Waals surface area contributed by atoms with Crippen molar-refractivity contribution >= 4 is 18.5 Å². The van der Waals surface area contributed by atoms with Crippen molar-refractivity contribution in [2.24, 2.45) is 0 Å². The summed E-state index contributed by atoms with van der Waals surface area (Å²) < 4.78 is 0. The maximum atomic E-state index is 4.76. The predicted molar refractivity (Wildman–Crippen MR) is 93.0 cm³/mol. The summed E-state index contributed by atoms with van der Waals surface area (Å²) in [5.41, 5.74) is 0. The van der Waals surface area contributed by atoms with E-state index in [2.05, 4.69) is 66.8 Å². The minimum absolute atomic E-state index is 1.15. The molecule has 0 aromatic heterocycles. The van der Waals surface area contributed by atoms with Gasteiger partial charge in [-0.05, 0) is 48.5 Å². The van der Waals surface area contributed by atoms with E-state index in [0.29, 0.717) is 0 Å². The summed E-state index contributed by atoms with van der Waals surface area (Å²) in [4.78, 5) is 0. The Kier molecular flexibility index (Phi) is 3.94. The van der Waals surface area contributed by atoms with Crippen LogP contribution >= 0.6 is 6.89 Å². The normalized spacial score (nSPS) is 18.6. The summed E-state index contributed by atoms with van der Waals surface area (Å²) in [5.74, 6) is 0. The van der Waals surface area contributed by atoms with Crippen molar-refractivity contribution in [1.82, 2.24) is 0 Å². The Bertz CT molecular complexity index is 606. The molecule has 0 heterocycles. The molecule has 0 saturated carbocycles. The van der Waals surface area contributed by atoms with Crippen LogP contribution in [-0.4, -0.2) is 6.30 Å². The first-order chi connectivity index (χ1) is 9.82. The Labute approximate surface area is 122 Å². The topological polar surface area (TPSA) is 0 Å². The van der Waals surface area contributed by atoms with E-state index in [-0.39, 0.29) is 0 Å². The maximum Gasteiger partial charge on any atom is -0.0166 e. The number of benzene rings is 1. The molecule has 0 bridgehead atoms. The fourth-order valence-corrected chi connectivity index (χ4v) is 6.07. The van der Waals surface area contributed by atoms with Crippen LogP contribution in [0.3, 0.4) is 0 Å². The predicted octanol–water partition coefficient (Wildman–Crippen LogP) is 5.23. The van der Waals surface area contributed by atoms with E-state index >= 15 is 0 Å². The number of rotatable bonds is 3. The standard InChI is InChI=1S/C19H21P/c1-20(17-11-5-2-6-12-17,18-13-7-3-8-14-18)19-15-9-4-10-16-19/h2,5-7,9,11-16H,1,3-4,8,10H2. The van der Waals surface area contributed by atoms with Gasteiger partial charge in [0.25, 0.3) is 0 Å². The highest BCUT2D eigenvalue weighted by Gasteiger charge is 2.24. The first kappa shape index (κ1) is 13.5. The van der Waals surface area contributed by atoms with E-state index in [1.165, 1.54) is 15.9 Å². The van der Waals surface area contributed by atoms with Gasteiger partial charge in [-0.25, -0.2) is 0 Å². The third-order valence-electron chi connectivity index (χ3n) is 4.03. The third kappa shape index (κ3) is 2.41. The first-order valence-corrected chi connectivity index (χ1v) is 9.33. The zero-order valence-electron chi connectivity index (χ0n) is 11.8. The maximum absolute atomic E-state index is 4.76. The summed E-state index contributed by atoms with van der Waals surface area (Å²) >= 11 is 0. The molecule has 3 rings (SSSR count). The van der Waals surface area contributed by atoms with E-state index < -0.39 is 6.89 Å². The summed E-state index contributed by atoms with van der Waals surface area (Å²) in [6.07, 6.45) is 23.4. The van der Waals surface area contributed by atoms with Gasteiger partial charge in [0.1, 0.15) is 0 Å². The molecule has 0 amide bonds. The molecule has 20 heavy (non-hydrogen) atoms. The lowest BCUT2D eigenvalue weighted by atomic mass is 10.2. The number of hydrogen-bond acceptors (Lipinski definition) is 0. The van der Waals surface area contributed by atoms with Gasteiger partial charge < -0.3 is 0 Å². The summed E-state index contributed by atoms with van der Waals surface area (Å²) in [6.45, 7) is -1.67. The lowest BCUT2D eigenvalue weighted by Gasteiger charge is -2.30. The van der Waals surface area contributed by atoms with Gasteiger partial charge >= 0.3 is 0 Å². The zero-order valence-corrected chi connectivity index (χ0v) is 12.7. The summed E-state index contributed by atoms with van der Waals surface area (Å²) in [7, 11) is 0. The average Bonchev–Trinajstić information content (AvgIpc) is 2.56. The van der Waals surface area contributed by atoms with Crippen LogP contribution in [0.25, 0.3) is 0 Å². The Morgan fingerprint density at radius 2 is 1.30 bits per heavy atom. The first-order valence-electron chi connectivity index (χ1n) is 7.35. The van der Waals surface area contributed by atoms with Gasteiger partial charge in [0, 0.05) is 0 Å². The monoisotopic (exact) mass is 280 g/mol. The molecule has 0 aliphatic heterocycles. The van der Waals surface area contributed by atoms with E-state index in [9.17, 15) is 0 Å². The van der Waals surface area contributed by atoms with E-state index in [1.807, 2.05) is 0 Å². The van der Waals surface area contributed by atoms with Crippen LogP contribution in [0.1, 0.15) is 25.7 Å². The SMILES string of the molecule is C=P(C1=CCCC=C1)(C1=CCCC=C1)c1ccccc1. The summed E-state index contributed by atoms with van der Waals surface area (Å²) in [5, 5.41) is 4.26. The van der Waals surface area contributed by atoms with Crippen LogP contribution in [0, 0.1) is 0 Å². The third-order valence-corrected chi connectivity index (χ3v) is 7.64. The highest BCUT2D eigenvalue weighted by atomic mass is 31.2. The number of allylic oxidation sites excluding steroid dienone is 8. The quantitative estimate of drug-likeness (QED) is 0.665. The van der Waals surface area contributed by atoms with Crippen LogP contribution in [0.15, 0.2) is 77.4 Å². The minimum Gasteiger partial charge on any atom is -0.0887 e. The van der Waals surface area contributed by atoms with E-state index in [1.54, 1.807) is 0 Å². The molecule has 1 aromatic rings. The Morgan fingerprint density at radius 1 is 0.750 bits per heavy atom. The van der Waals surface area contributed by atoms with Crippen molar-refractivity contribution in [3.8, 4) is 0 Å². The van der Waals surface area contributed by atoms with Crippen molar-refractivity contribution in [2.45, 2.75) is 25.7 Å². The second-order valence-corrected chi connectivity index (χ2v) is 8.53. The smallest absolute Gasteiger partial charge is 0.0166 e. The van der Waals surface area contributed by atoms with Crippen molar-refractivity contribution in [3.63, 3.8) is 0 Å². The molecule has 0 N–H and O–H groups in total. The molecule has 0 radical (unpaired) electrons. The minimum atomic E-state index is -1.67. The van der Waals surface area contributed by atoms with E-state index in [4.69, 9.17) is 6.30 Å². The molecule has 2 aliphatic carbocycles. The van der Waals surface area contributed by atoms with Gasteiger partial charge in [-0.3, -0.25) is 0 Å². The molecular formula is C19H21P. The zero-order chi connectivity index (χ0) is 13.8. The molecule has 0 fully saturated rings. The molecule has 1 heteroatoms. The Balaban J connectivity index is 2.15. The van der Waals surface area contributed by atoms with Crippen LogP contribution < -0.4 is 5.30 Å². The Morgan fingerprint density at radius 3 is 1.75 bits per heavy atom. The van der Waals surface area contributed by atoms with Crippen LogP contribution in [-0.2, 0) is 0 Å². The number of hydrogen-bond donors (Lipinski definition) is 0. The van der Waals surface area contributed by atoms with Gasteiger partial charge in [0.05, 0.1) is 0 Å². The Hall–Kier alpha value is -1.52. The molecule has 0 saturated heterocycles. The fourth-order valence-electron chi connectivity index (χ4n) is 2.89. The molecule has 1 aromatic carbocycles. The summed E-state index contributed by atoms with van der Waals surface area (Å²) in [6, 6.07) is 10.8. The van der Waals surface area contributed by atoms with Gasteiger partial charge in [0.2, 0.25) is 0 Å². The van der Waals surface area contributed by atoms with Crippen LogP contribution in [0.4, 0.5) is 0 Å². The second kappa shape index (κ2) is 5.85. The molecule has 102 valence electrons. The van der Waals surface area contributed by atoms with Crippen molar-refractivity contribution in [1.29, 1.82) is 0 Å². The van der Waals surface area contributed by atoms with Gasteiger partial charge in [0.15, 0.2) is 0 Å². The molecule has 2 aliphatic rings. The van der Waals surface area contributed by atoms with Crippen LogP contribution in [0.2, 0.25) is 0 Å². The highest BCUT2D eigenvalue weighted by Crippen LogP contribution is 2.61. The van der Waals surface area contributed by atoms with Gasteiger partial charge in [-0.15, -0.1) is 0 Å². The lowest BCUT2D eigenvalue weighted by molar-refractivity contribution is 1.03. The highest BCUT2D eigenvalue weighted by molar-refractivity contribution is 7.88. The molecule has 0 spiro atoms. The largest absolute Gasteiger partial charge is 0.0887 e.